The van der Waals surface area contributed by atoms with Crippen molar-refractivity contribution in [3.63, 3.8) is 0 Å². The lowest BCUT2D eigenvalue weighted by Crippen LogP contribution is -2.15. The molecule has 0 aromatic heterocycles. The number of phenolic OH excluding ortho intramolecular Hbond substituents is 1. The second kappa shape index (κ2) is 7.73. The maximum Gasteiger partial charge on any atom is 0.166 e. The Kier molecular flexibility index (Phi) is 5.21. The standard InChI is InChI=1S/C19H21NO4/c1-2-22-17-5-3-4-15(19(17)21)13-20-9-8-14-6-7-16-18(12-14)24-11-10-23-16/h3-7,12-13,21H,2,8-11H2,1H3. The van der Waals surface area contributed by atoms with Crippen molar-refractivity contribution in [2.24, 2.45) is 4.99 Å². The summed E-state index contributed by atoms with van der Waals surface area (Å²) in [5, 5.41) is 10.1. The number of para-hydroxylation sites is 1. The molecule has 0 saturated heterocycles. The third-order valence-corrected chi connectivity index (χ3v) is 3.70. The van der Waals surface area contributed by atoms with Crippen molar-refractivity contribution in [1.82, 2.24) is 0 Å². The quantitative estimate of drug-likeness (QED) is 0.828. The van der Waals surface area contributed by atoms with Crippen molar-refractivity contribution in [2.75, 3.05) is 26.4 Å². The molecule has 0 saturated carbocycles. The van der Waals surface area contributed by atoms with Crippen LogP contribution in [-0.2, 0) is 6.42 Å². The summed E-state index contributed by atoms with van der Waals surface area (Å²) >= 11 is 0. The summed E-state index contributed by atoms with van der Waals surface area (Å²) in [6.45, 7) is 4.20. The second-order valence-corrected chi connectivity index (χ2v) is 5.39. The average molecular weight is 327 g/mol. The Morgan fingerprint density at radius 3 is 2.83 bits per heavy atom. The van der Waals surface area contributed by atoms with Crippen LogP contribution in [0, 0.1) is 0 Å². The molecule has 0 atom stereocenters. The van der Waals surface area contributed by atoms with Gasteiger partial charge in [0.15, 0.2) is 23.0 Å². The molecule has 3 rings (SSSR count). The number of nitrogens with zero attached hydrogens (tertiary/aromatic N) is 1. The van der Waals surface area contributed by atoms with Crippen LogP contribution in [0.25, 0.3) is 0 Å². The molecule has 2 aromatic rings. The molecule has 126 valence electrons. The third kappa shape index (κ3) is 3.79. The lowest BCUT2D eigenvalue weighted by molar-refractivity contribution is 0.171. The predicted molar refractivity (Wildman–Crippen MR) is 92.9 cm³/mol. The van der Waals surface area contributed by atoms with Crippen molar-refractivity contribution in [3.8, 4) is 23.0 Å². The highest BCUT2D eigenvalue weighted by molar-refractivity contribution is 5.84. The summed E-state index contributed by atoms with van der Waals surface area (Å²) < 4.78 is 16.5. The zero-order chi connectivity index (χ0) is 16.8. The average Bonchev–Trinajstić information content (AvgIpc) is 2.61. The summed E-state index contributed by atoms with van der Waals surface area (Å²) in [6, 6.07) is 11.3. The monoisotopic (exact) mass is 327 g/mol. The Balaban J connectivity index is 1.60. The molecule has 1 aliphatic heterocycles. The zero-order valence-corrected chi connectivity index (χ0v) is 13.7. The molecule has 0 unspecified atom stereocenters. The van der Waals surface area contributed by atoms with Crippen LogP contribution in [0.1, 0.15) is 18.1 Å². The SMILES string of the molecule is CCOc1cccc(C=NCCc2ccc3c(c2)OCCO3)c1O. The molecule has 0 aliphatic carbocycles. The van der Waals surface area contributed by atoms with Gasteiger partial charge in [-0.15, -0.1) is 0 Å². The van der Waals surface area contributed by atoms with E-state index in [0.717, 1.165) is 23.5 Å². The second-order valence-electron chi connectivity index (χ2n) is 5.39. The van der Waals surface area contributed by atoms with E-state index in [9.17, 15) is 5.11 Å². The Labute approximate surface area is 141 Å². The maximum absolute atomic E-state index is 10.1. The fraction of sp³-hybridized carbons (Fsp3) is 0.316. The van der Waals surface area contributed by atoms with E-state index in [-0.39, 0.29) is 5.75 Å². The zero-order valence-electron chi connectivity index (χ0n) is 13.7. The van der Waals surface area contributed by atoms with Crippen LogP contribution >= 0.6 is 0 Å². The van der Waals surface area contributed by atoms with Crippen molar-refractivity contribution in [3.05, 3.63) is 47.5 Å². The van der Waals surface area contributed by atoms with E-state index in [1.54, 1.807) is 12.3 Å². The molecule has 0 radical (unpaired) electrons. The Morgan fingerprint density at radius 2 is 2.00 bits per heavy atom. The number of benzene rings is 2. The summed E-state index contributed by atoms with van der Waals surface area (Å²) in [6.07, 6.45) is 2.47. The molecule has 2 aromatic carbocycles. The van der Waals surface area contributed by atoms with Gasteiger partial charge in [-0.25, -0.2) is 0 Å². The minimum Gasteiger partial charge on any atom is -0.504 e. The van der Waals surface area contributed by atoms with Crippen LogP contribution < -0.4 is 14.2 Å². The number of fused-ring (bicyclic) bond motifs is 1. The first-order valence-electron chi connectivity index (χ1n) is 8.11. The molecule has 1 N–H and O–H groups in total. The van der Waals surface area contributed by atoms with Crippen molar-refractivity contribution in [1.29, 1.82) is 0 Å². The van der Waals surface area contributed by atoms with Gasteiger partial charge in [0.05, 0.1) is 6.61 Å². The van der Waals surface area contributed by atoms with E-state index in [2.05, 4.69) is 4.99 Å². The molecule has 5 nitrogen and oxygen atoms in total. The van der Waals surface area contributed by atoms with E-state index < -0.39 is 0 Å². The van der Waals surface area contributed by atoms with Gasteiger partial charge in [0, 0.05) is 18.3 Å². The summed E-state index contributed by atoms with van der Waals surface area (Å²) in [7, 11) is 0. The first-order chi connectivity index (χ1) is 11.8. The maximum atomic E-state index is 10.1. The number of phenols is 1. The van der Waals surface area contributed by atoms with Crippen LogP contribution in [-0.4, -0.2) is 37.7 Å². The van der Waals surface area contributed by atoms with Gasteiger partial charge in [-0.05, 0) is 43.2 Å². The lowest BCUT2D eigenvalue weighted by atomic mass is 10.1. The largest absolute Gasteiger partial charge is 0.504 e. The third-order valence-electron chi connectivity index (χ3n) is 3.70. The predicted octanol–water partition coefficient (Wildman–Crippen LogP) is 3.22. The Hall–Kier alpha value is -2.69. The molecule has 0 amide bonds. The molecular weight excluding hydrogens is 306 g/mol. The van der Waals surface area contributed by atoms with Crippen LogP contribution in [0.3, 0.4) is 0 Å². The van der Waals surface area contributed by atoms with E-state index in [0.29, 0.717) is 37.7 Å². The van der Waals surface area contributed by atoms with Crippen LogP contribution in [0.4, 0.5) is 0 Å². The Bertz CT molecular complexity index is 727. The normalized spacial score (nSPS) is 13.2. The molecule has 1 heterocycles. The Morgan fingerprint density at radius 1 is 1.17 bits per heavy atom. The molecule has 0 spiro atoms. The van der Waals surface area contributed by atoms with E-state index in [1.807, 2.05) is 37.3 Å². The van der Waals surface area contributed by atoms with E-state index >= 15 is 0 Å². The van der Waals surface area contributed by atoms with Gasteiger partial charge < -0.3 is 19.3 Å². The van der Waals surface area contributed by atoms with Gasteiger partial charge in [0.25, 0.3) is 0 Å². The smallest absolute Gasteiger partial charge is 0.166 e. The summed E-state index contributed by atoms with van der Waals surface area (Å²) in [5.41, 5.74) is 1.80. The fourth-order valence-corrected chi connectivity index (χ4v) is 2.52. The summed E-state index contributed by atoms with van der Waals surface area (Å²) in [5.74, 6) is 2.20. The lowest BCUT2D eigenvalue weighted by Gasteiger charge is -2.18. The highest BCUT2D eigenvalue weighted by atomic mass is 16.6. The number of aromatic hydroxyl groups is 1. The molecule has 24 heavy (non-hydrogen) atoms. The molecule has 5 heteroatoms. The van der Waals surface area contributed by atoms with Gasteiger partial charge in [0.2, 0.25) is 0 Å². The minimum absolute atomic E-state index is 0.127. The highest BCUT2D eigenvalue weighted by Crippen LogP contribution is 2.31. The number of hydrogen-bond donors (Lipinski definition) is 1. The van der Waals surface area contributed by atoms with Crippen molar-refractivity contribution >= 4 is 6.21 Å². The topological polar surface area (TPSA) is 60.3 Å². The van der Waals surface area contributed by atoms with E-state index in [4.69, 9.17) is 14.2 Å². The van der Waals surface area contributed by atoms with Crippen LogP contribution in [0.5, 0.6) is 23.0 Å². The summed E-state index contributed by atoms with van der Waals surface area (Å²) in [4.78, 5) is 4.40. The van der Waals surface area contributed by atoms with Crippen molar-refractivity contribution in [2.45, 2.75) is 13.3 Å². The molecule has 0 bridgehead atoms. The van der Waals surface area contributed by atoms with Gasteiger partial charge >= 0.3 is 0 Å². The van der Waals surface area contributed by atoms with Crippen molar-refractivity contribution < 1.29 is 19.3 Å². The number of rotatable bonds is 6. The van der Waals surface area contributed by atoms with Gasteiger partial charge in [-0.2, -0.15) is 0 Å². The van der Waals surface area contributed by atoms with Gasteiger partial charge in [0.1, 0.15) is 13.2 Å². The van der Waals surface area contributed by atoms with Crippen LogP contribution in [0.2, 0.25) is 0 Å². The number of hydrogen-bond acceptors (Lipinski definition) is 5. The molecule has 1 aliphatic rings. The van der Waals surface area contributed by atoms with Gasteiger partial charge in [-0.3, -0.25) is 4.99 Å². The molecule has 0 fully saturated rings. The first-order valence-corrected chi connectivity index (χ1v) is 8.11. The number of aliphatic imine (C=N–C) groups is 1. The first kappa shape index (κ1) is 16.2. The number of ether oxygens (including phenoxy) is 3. The van der Waals surface area contributed by atoms with E-state index in [1.165, 1.54) is 0 Å². The van der Waals surface area contributed by atoms with Gasteiger partial charge in [-0.1, -0.05) is 12.1 Å². The highest BCUT2D eigenvalue weighted by Gasteiger charge is 2.11. The minimum atomic E-state index is 0.127. The molecular formula is C19H21NO4. The fourth-order valence-electron chi connectivity index (χ4n) is 2.52. The van der Waals surface area contributed by atoms with Crippen LogP contribution in [0.15, 0.2) is 41.4 Å².